The summed E-state index contributed by atoms with van der Waals surface area (Å²) in [6.45, 7) is 9.70. The molecule has 3 amide bonds. The fraction of sp³-hybridized carbons (Fsp3) is 0.506. The number of hydrogen-bond donors (Lipinski definition) is 8. The molecule has 0 saturated carbocycles. The predicted octanol–water partition coefficient (Wildman–Crippen LogP) is 8.35. The number of carbonyl (C=O) groups is 3. The molecule has 3 unspecified atom stereocenters. The van der Waals surface area contributed by atoms with Gasteiger partial charge in [-0.05, 0) is 150 Å². The molecule has 1 aliphatic heterocycles. The Morgan fingerprint density at radius 1 is 0.431 bits per heavy atom. The lowest BCUT2D eigenvalue weighted by molar-refractivity contribution is -0.127. The summed E-state index contributed by atoms with van der Waals surface area (Å²) >= 11 is 38.7. The van der Waals surface area contributed by atoms with Crippen LogP contribution in [-0.2, 0) is 107 Å². The third-order valence-electron chi connectivity index (χ3n) is 18.3. The third-order valence-corrected chi connectivity index (χ3v) is 24.3. The van der Waals surface area contributed by atoms with Gasteiger partial charge in [-0.1, -0.05) is 120 Å². The molecule has 28 nitrogen and oxygen atoms in total. The van der Waals surface area contributed by atoms with Gasteiger partial charge in [0, 0.05) is 120 Å². The number of amides is 3. The van der Waals surface area contributed by atoms with Gasteiger partial charge in [0.2, 0.25) is 47.8 Å². The van der Waals surface area contributed by atoms with Crippen LogP contribution in [0.4, 0.5) is 0 Å². The van der Waals surface area contributed by atoms with Crippen LogP contribution in [0, 0.1) is 0 Å². The van der Waals surface area contributed by atoms with E-state index in [-0.39, 0.29) is 204 Å². The summed E-state index contributed by atoms with van der Waals surface area (Å²) < 4.78 is 138. The van der Waals surface area contributed by atoms with Gasteiger partial charge in [-0.25, -0.2) is 39.4 Å². The third kappa shape index (κ3) is 33.9. The number of sulfonamides is 3. The molecule has 0 aliphatic carbocycles. The number of nitrogens with zero attached hydrogens (tertiary/aromatic N) is 2. The van der Waals surface area contributed by atoms with E-state index in [1.54, 1.807) is 60.7 Å². The van der Waals surface area contributed by atoms with Crippen LogP contribution >= 0.6 is 69.6 Å². The summed E-state index contributed by atoms with van der Waals surface area (Å²) in [6, 6.07) is 31.0. The van der Waals surface area contributed by atoms with Crippen molar-refractivity contribution in [3.8, 4) is 0 Å². The maximum Gasteiger partial charge on any atom is 0.240 e. The largest absolute Gasteiger partial charge is 0.379 e. The van der Waals surface area contributed by atoms with Crippen LogP contribution in [0.15, 0.2) is 124 Å². The zero-order chi connectivity index (χ0) is 83.9. The molecule has 6 aromatic carbocycles. The van der Waals surface area contributed by atoms with Crippen molar-refractivity contribution in [2.45, 2.75) is 72.3 Å². The van der Waals surface area contributed by atoms with Gasteiger partial charge in [-0.3, -0.25) is 19.3 Å². The molecule has 0 spiro atoms. The monoisotopic (exact) mass is 1790 g/mol. The fourth-order valence-corrected chi connectivity index (χ4v) is 17.5. The van der Waals surface area contributed by atoms with Gasteiger partial charge >= 0.3 is 0 Å². The second kappa shape index (κ2) is 52.1. The number of carbonyl (C=O) groups excluding carboxylic acids is 3. The van der Waals surface area contributed by atoms with Crippen LogP contribution < -0.4 is 40.8 Å². The molecule has 6 aromatic rings. The minimum absolute atomic E-state index is 0.0314. The Hall–Kier alpha value is -5.32. The first kappa shape index (κ1) is 97.8. The van der Waals surface area contributed by atoms with E-state index < -0.39 is 47.8 Å². The number of benzene rings is 6. The summed E-state index contributed by atoms with van der Waals surface area (Å²) in [5.41, 5.74) is 7.86. The minimum atomic E-state index is -3.86. The maximum atomic E-state index is 13.3. The molecule has 3 atom stereocenters. The predicted molar refractivity (Wildman–Crippen MR) is 450 cm³/mol. The normalized spacial score (nSPS) is 13.9. The molecular formula is C79H108Cl6N10O18S3. The van der Waals surface area contributed by atoms with Crippen LogP contribution in [0.3, 0.4) is 0 Å². The Balaban J connectivity index is 0.741. The first-order chi connectivity index (χ1) is 55.7. The van der Waals surface area contributed by atoms with E-state index in [9.17, 15) is 39.6 Å². The molecular weight excluding hydrogens is 1690 g/mol. The highest BCUT2D eigenvalue weighted by atomic mass is 35.5. The van der Waals surface area contributed by atoms with E-state index in [0.29, 0.717) is 69.3 Å². The quantitative estimate of drug-likeness (QED) is 0.0166. The van der Waals surface area contributed by atoms with Crippen molar-refractivity contribution in [1.82, 2.24) is 50.6 Å². The maximum absolute atomic E-state index is 13.3. The number of ether oxygens (including phenoxy) is 9. The highest BCUT2D eigenvalue weighted by Crippen LogP contribution is 2.40. The summed E-state index contributed by atoms with van der Waals surface area (Å²) in [7, 11) is -5.94. The average molecular weight is 1790 g/mol. The van der Waals surface area contributed by atoms with Gasteiger partial charge in [0.05, 0.1) is 147 Å². The van der Waals surface area contributed by atoms with Gasteiger partial charge in [-0.2, -0.15) is 0 Å². The molecule has 1 aliphatic rings. The molecule has 116 heavy (non-hydrogen) atoms. The van der Waals surface area contributed by atoms with Crippen LogP contribution in [0.1, 0.15) is 88.1 Å². The van der Waals surface area contributed by atoms with Gasteiger partial charge in [0.15, 0.2) is 0 Å². The summed E-state index contributed by atoms with van der Waals surface area (Å²) in [5, 5.41) is 17.7. The van der Waals surface area contributed by atoms with Gasteiger partial charge in [0.25, 0.3) is 0 Å². The van der Waals surface area contributed by atoms with E-state index in [1.165, 1.54) is 17.0 Å². The van der Waals surface area contributed by atoms with E-state index in [2.05, 4.69) is 45.7 Å². The van der Waals surface area contributed by atoms with Crippen molar-refractivity contribution < 1.29 is 82.3 Å². The van der Waals surface area contributed by atoms with Gasteiger partial charge in [-0.15, -0.1) is 0 Å². The van der Waals surface area contributed by atoms with Crippen molar-refractivity contribution in [1.29, 1.82) is 0 Å². The molecule has 642 valence electrons. The van der Waals surface area contributed by atoms with E-state index in [1.807, 2.05) is 71.4 Å². The first-order valence-electron chi connectivity index (χ1n) is 38.1. The molecule has 0 saturated heterocycles. The summed E-state index contributed by atoms with van der Waals surface area (Å²) in [6.07, 6.45) is 0.460. The smallest absolute Gasteiger partial charge is 0.240 e. The van der Waals surface area contributed by atoms with Crippen molar-refractivity contribution in [3.63, 3.8) is 0 Å². The SMILES string of the molecule is CNCc1c(Cl)cc(Cl)cc1C(C)c1cccc(S(=O)(=O)NCCOCCOCCOCCNC(=O)CN(CC(=O)NCCCOCCOCCOCCNS(=O)(=O)c2cccc(C3CN(C)Cc4c(Cl)cc(Cl)cc43)c2)CC(=O)NCCOCCOCCOCCNS(=O)(=O)c2cccc(C(C)c3cc(Cl)cc(Cl)c3CNC)c2)c1. The number of likely N-dealkylation sites (N-methyl/N-ethyl adjacent to an activating group) is 1. The van der Waals surface area contributed by atoms with Crippen LogP contribution in [0.25, 0.3) is 0 Å². The Morgan fingerprint density at radius 3 is 1.18 bits per heavy atom. The zero-order valence-corrected chi connectivity index (χ0v) is 73.0. The molecule has 8 N–H and O–H groups in total. The van der Waals surface area contributed by atoms with Gasteiger partial charge < -0.3 is 74.1 Å². The molecule has 0 radical (unpaired) electrons. The average Bonchev–Trinajstić information content (AvgIpc) is 0.780. The van der Waals surface area contributed by atoms with Crippen molar-refractivity contribution in [2.24, 2.45) is 0 Å². The topological polar surface area (TPSA) is 339 Å². The molecule has 0 bridgehead atoms. The fourth-order valence-electron chi connectivity index (χ4n) is 12.5. The Morgan fingerprint density at radius 2 is 0.776 bits per heavy atom. The molecule has 7 rings (SSSR count). The zero-order valence-electron chi connectivity index (χ0n) is 66.0. The number of fused-ring (bicyclic) bond motifs is 1. The summed E-state index contributed by atoms with van der Waals surface area (Å²) in [4.78, 5) is 43.5. The van der Waals surface area contributed by atoms with Crippen molar-refractivity contribution >= 4 is 117 Å². The van der Waals surface area contributed by atoms with Crippen molar-refractivity contribution in [2.75, 3.05) is 206 Å². The highest BCUT2D eigenvalue weighted by molar-refractivity contribution is 7.90. The number of halogens is 6. The number of nitrogens with one attached hydrogen (secondary N) is 8. The molecule has 0 aromatic heterocycles. The van der Waals surface area contributed by atoms with Crippen molar-refractivity contribution in [3.05, 3.63) is 189 Å². The number of rotatable bonds is 58. The Kier molecular flexibility index (Phi) is 43.9. The van der Waals surface area contributed by atoms with E-state index in [4.69, 9.17) is 112 Å². The number of hydrogen-bond acceptors (Lipinski definition) is 22. The standard InChI is InChI=1S/C79H108Cl6N10O18S3/c1-56(67-43-61(80)46-74(83)70(67)49-86-3)58-10-6-13-64(40-58)114(99,100)91-19-25-108-32-38-112-35-29-106-23-17-89-78(97)54-95(55-79(98)90-18-24-107-30-36-113-39-33-109-26-20-92-115(101,102)65-14-7-11-59(41-65)57(2)68-44-62(81)47-75(84)71(68)50-87-4)53-77(96)88-16-9-22-105-28-34-111-37-31-110-27-21-93-116(103,104)66-15-8-12-60(42-66)72-51-94(5)52-73-69(72)45-63(82)48-76(73)85/h6-8,10-15,40-48,56-57,72,86-87,91-93H,9,16-39,49-55H2,1-5H3,(H,88,96)(H,89,97)(H,90,98). The van der Waals surface area contributed by atoms with E-state index >= 15 is 0 Å². The van der Waals surface area contributed by atoms with Crippen LogP contribution in [0.2, 0.25) is 30.1 Å². The second-order valence-electron chi connectivity index (χ2n) is 27.1. The first-order valence-corrected chi connectivity index (χ1v) is 44.8. The van der Waals surface area contributed by atoms with E-state index in [0.717, 1.165) is 50.1 Å². The van der Waals surface area contributed by atoms with Crippen LogP contribution in [0.5, 0.6) is 0 Å². The second-order valence-corrected chi connectivity index (χ2v) is 34.9. The Bertz CT molecular complexity index is 4260. The highest BCUT2D eigenvalue weighted by Gasteiger charge is 2.30. The molecule has 0 fully saturated rings. The lowest BCUT2D eigenvalue weighted by Crippen LogP contribution is -2.47. The molecule has 37 heteroatoms. The summed E-state index contributed by atoms with van der Waals surface area (Å²) in [5.74, 6) is -1.86. The Labute approximate surface area is 712 Å². The molecule has 1 heterocycles. The lowest BCUT2D eigenvalue weighted by Gasteiger charge is -2.33. The van der Waals surface area contributed by atoms with Crippen LogP contribution in [-0.4, -0.2) is 258 Å². The van der Waals surface area contributed by atoms with Gasteiger partial charge in [0.1, 0.15) is 0 Å². The minimum Gasteiger partial charge on any atom is -0.379 e. The lowest BCUT2D eigenvalue weighted by atomic mass is 9.85.